The third-order valence-electron chi connectivity index (χ3n) is 2.42. The molecule has 1 rings (SSSR count). The van der Waals surface area contributed by atoms with Gasteiger partial charge in [0.15, 0.2) is 0 Å². The number of aliphatic hydroxyl groups excluding tert-OH is 1. The van der Waals surface area contributed by atoms with Crippen LogP contribution in [0.5, 0.6) is 0 Å². The Hall–Kier alpha value is -1.25. The Morgan fingerprint density at radius 2 is 2.17 bits per heavy atom. The van der Waals surface area contributed by atoms with Gasteiger partial charge in [0.2, 0.25) is 0 Å². The number of rotatable bonds is 0. The van der Waals surface area contributed by atoms with Gasteiger partial charge in [-0.3, -0.25) is 4.90 Å². The van der Waals surface area contributed by atoms with Crippen molar-refractivity contribution in [1.82, 2.24) is 4.90 Å². The average Bonchev–Trinajstić information content (AvgIpc) is 2.48. The number of aliphatic hydroxyl groups is 1. The number of ether oxygens (including phenoxy) is 2. The van der Waals surface area contributed by atoms with Gasteiger partial charge >= 0.3 is 6.09 Å². The van der Waals surface area contributed by atoms with Gasteiger partial charge in [-0.05, 0) is 34.6 Å². The molecule has 1 heterocycles. The van der Waals surface area contributed by atoms with Crippen molar-refractivity contribution < 1.29 is 19.4 Å². The van der Waals surface area contributed by atoms with Gasteiger partial charge in [-0.15, -0.1) is 0 Å². The molecule has 0 aliphatic carbocycles. The molecule has 0 aromatic heterocycles. The van der Waals surface area contributed by atoms with Gasteiger partial charge in [0.1, 0.15) is 24.0 Å². The topological polar surface area (TPSA) is 59.0 Å². The number of hydrogen-bond acceptors (Lipinski definition) is 4. The van der Waals surface area contributed by atoms with E-state index in [-0.39, 0.29) is 12.6 Å². The molecule has 1 atom stereocenters. The van der Waals surface area contributed by atoms with Gasteiger partial charge < -0.3 is 14.6 Å². The van der Waals surface area contributed by atoms with E-state index in [9.17, 15) is 4.79 Å². The fraction of sp³-hybridized carbons (Fsp3) is 0.769. The van der Waals surface area contributed by atoms with Crippen LogP contribution in [0.1, 0.15) is 34.6 Å². The van der Waals surface area contributed by atoms with E-state index >= 15 is 0 Å². The molecule has 102 valence electrons. The number of carbonyl (C=O) groups is 1. The summed E-state index contributed by atoms with van der Waals surface area (Å²) in [6.45, 7) is 9.09. The van der Waals surface area contributed by atoms with E-state index in [1.807, 2.05) is 20.8 Å². The van der Waals surface area contributed by atoms with Crippen LogP contribution < -0.4 is 0 Å². The summed E-state index contributed by atoms with van der Waals surface area (Å²) in [5.41, 5.74) is -1.32. The maximum Gasteiger partial charge on any atom is 0.413 e. The Bertz CT molecular complexity index is 373. The van der Waals surface area contributed by atoms with Crippen molar-refractivity contribution in [3.63, 3.8) is 0 Å². The van der Waals surface area contributed by atoms with E-state index in [2.05, 4.69) is 11.8 Å². The maximum absolute atomic E-state index is 12.1. The molecule has 1 fully saturated rings. The molecular weight excluding hydrogens is 234 g/mol. The summed E-state index contributed by atoms with van der Waals surface area (Å²) in [4.78, 5) is 13.6. The molecule has 0 saturated carbocycles. The molecule has 5 nitrogen and oxygen atoms in total. The quantitative estimate of drug-likeness (QED) is 0.664. The predicted octanol–water partition coefficient (Wildman–Crippen LogP) is 1.35. The standard InChI is InChI=1S/C13H21NO4/c1-12(2,3)18-11(16)14-10(7-6-8-15)9-17-13(14,4)5/h10,15H,8-9H2,1-5H3/t10-/m0/s1. The molecule has 1 aliphatic heterocycles. The first-order chi connectivity index (χ1) is 8.17. The number of nitrogens with zero attached hydrogens (tertiary/aromatic N) is 1. The van der Waals surface area contributed by atoms with Crippen molar-refractivity contribution in [2.75, 3.05) is 13.2 Å². The van der Waals surface area contributed by atoms with E-state index in [1.165, 1.54) is 4.90 Å². The minimum absolute atomic E-state index is 0.237. The van der Waals surface area contributed by atoms with E-state index in [0.29, 0.717) is 6.61 Å². The summed E-state index contributed by atoms with van der Waals surface area (Å²) in [5, 5.41) is 8.72. The first kappa shape index (κ1) is 14.8. The van der Waals surface area contributed by atoms with E-state index in [4.69, 9.17) is 14.6 Å². The van der Waals surface area contributed by atoms with Gasteiger partial charge in [0.05, 0.1) is 6.61 Å². The highest BCUT2D eigenvalue weighted by Crippen LogP contribution is 2.28. The van der Waals surface area contributed by atoms with Gasteiger partial charge in [-0.1, -0.05) is 11.8 Å². The number of carbonyl (C=O) groups excluding carboxylic acids is 1. The highest BCUT2D eigenvalue weighted by Gasteiger charge is 2.45. The summed E-state index contributed by atoms with van der Waals surface area (Å²) >= 11 is 0. The highest BCUT2D eigenvalue weighted by atomic mass is 16.6. The van der Waals surface area contributed by atoms with Crippen molar-refractivity contribution in [3.05, 3.63) is 0 Å². The molecule has 1 saturated heterocycles. The summed E-state index contributed by atoms with van der Waals surface area (Å²) in [7, 11) is 0. The molecule has 0 aromatic carbocycles. The van der Waals surface area contributed by atoms with Crippen LogP contribution >= 0.6 is 0 Å². The Labute approximate surface area is 108 Å². The lowest BCUT2D eigenvalue weighted by atomic mass is 10.2. The van der Waals surface area contributed by atoms with Crippen molar-refractivity contribution in [2.45, 2.75) is 52.0 Å². The van der Waals surface area contributed by atoms with Crippen molar-refractivity contribution in [3.8, 4) is 11.8 Å². The zero-order valence-electron chi connectivity index (χ0n) is 11.6. The normalized spacial score (nSPS) is 22.3. The highest BCUT2D eigenvalue weighted by molar-refractivity contribution is 5.70. The second kappa shape index (κ2) is 5.17. The van der Waals surface area contributed by atoms with Gasteiger partial charge in [-0.2, -0.15) is 0 Å². The zero-order chi connectivity index (χ0) is 14.0. The van der Waals surface area contributed by atoms with Gasteiger partial charge in [-0.25, -0.2) is 4.79 Å². The molecule has 5 heteroatoms. The van der Waals surface area contributed by atoms with E-state index in [1.54, 1.807) is 13.8 Å². The van der Waals surface area contributed by atoms with Gasteiger partial charge in [0.25, 0.3) is 0 Å². The monoisotopic (exact) mass is 255 g/mol. The Balaban J connectivity index is 2.88. The van der Waals surface area contributed by atoms with Crippen molar-refractivity contribution in [2.24, 2.45) is 0 Å². The molecule has 0 spiro atoms. The van der Waals surface area contributed by atoms with Crippen LogP contribution in [0.15, 0.2) is 0 Å². The molecule has 18 heavy (non-hydrogen) atoms. The smallest absolute Gasteiger partial charge is 0.413 e. The van der Waals surface area contributed by atoms with E-state index < -0.39 is 17.4 Å². The SMILES string of the molecule is CC(C)(C)OC(=O)N1[C@@H](C#CCO)COC1(C)C. The largest absolute Gasteiger partial charge is 0.444 e. The summed E-state index contributed by atoms with van der Waals surface area (Å²) in [6.07, 6.45) is -0.456. The second-order valence-corrected chi connectivity index (χ2v) is 5.60. The minimum atomic E-state index is -0.753. The molecule has 0 unspecified atom stereocenters. The molecule has 0 radical (unpaired) electrons. The molecule has 1 amide bonds. The first-order valence-corrected chi connectivity index (χ1v) is 5.93. The fourth-order valence-corrected chi connectivity index (χ4v) is 1.73. The molecule has 0 aromatic rings. The van der Waals surface area contributed by atoms with Crippen LogP contribution in [-0.2, 0) is 9.47 Å². The van der Waals surface area contributed by atoms with Crippen molar-refractivity contribution >= 4 is 6.09 Å². The number of hydrogen-bond donors (Lipinski definition) is 1. The summed E-state index contributed by atoms with van der Waals surface area (Å²) in [6, 6.07) is -0.387. The average molecular weight is 255 g/mol. The van der Waals surface area contributed by atoms with Gasteiger partial charge in [0, 0.05) is 0 Å². The molecular formula is C13H21NO4. The Morgan fingerprint density at radius 3 is 2.67 bits per heavy atom. The zero-order valence-corrected chi connectivity index (χ0v) is 11.6. The third-order valence-corrected chi connectivity index (χ3v) is 2.42. The third kappa shape index (κ3) is 3.62. The number of amides is 1. The minimum Gasteiger partial charge on any atom is -0.444 e. The van der Waals surface area contributed by atoms with Crippen LogP contribution in [0.3, 0.4) is 0 Å². The van der Waals surface area contributed by atoms with Crippen LogP contribution in [0.4, 0.5) is 4.79 Å². The fourth-order valence-electron chi connectivity index (χ4n) is 1.73. The van der Waals surface area contributed by atoms with Crippen LogP contribution in [0, 0.1) is 11.8 Å². The summed E-state index contributed by atoms with van der Waals surface area (Å²) < 4.78 is 10.9. The Kier molecular flexibility index (Phi) is 4.25. The van der Waals surface area contributed by atoms with Crippen LogP contribution in [0.2, 0.25) is 0 Å². The lowest BCUT2D eigenvalue weighted by molar-refractivity contribution is -0.0608. The van der Waals surface area contributed by atoms with E-state index in [0.717, 1.165) is 0 Å². The molecule has 1 aliphatic rings. The Morgan fingerprint density at radius 1 is 1.56 bits per heavy atom. The lowest BCUT2D eigenvalue weighted by Gasteiger charge is -2.33. The predicted molar refractivity (Wildman–Crippen MR) is 66.8 cm³/mol. The first-order valence-electron chi connectivity index (χ1n) is 5.93. The van der Waals surface area contributed by atoms with Crippen molar-refractivity contribution in [1.29, 1.82) is 0 Å². The van der Waals surface area contributed by atoms with Crippen LogP contribution in [0.25, 0.3) is 0 Å². The lowest BCUT2D eigenvalue weighted by Crippen LogP contribution is -2.49. The molecule has 0 bridgehead atoms. The molecule has 1 N–H and O–H groups in total. The summed E-state index contributed by atoms with van der Waals surface area (Å²) in [5.74, 6) is 5.36. The second-order valence-electron chi connectivity index (χ2n) is 5.60. The van der Waals surface area contributed by atoms with Crippen LogP contribution in [-0.4, -0.2) is 46.7 Å². The maximum atomic E-state index is 12.1.